The summed E-state index contributed by atoms with van der Waals surface area (Å²) in [6, 6.07) is 22.7. The van der Waals surface area contributed by atoms with Crippen LogP contribution in [0.3, 0.4) is 0 Å². The van der Waals surface area contributed by atoms with Crippen LogP contribution in [-0.2, 0) is 0 Å². The van der Waals surface area contributed by atoms with E-state index in [4.69, 9.17) is 0 Å². The van der Waals surface area contributed by atoms with Crippen molar-refractivity contribution < 1.29 is 4.79 Å². The zero-order valence-corrected chi connectivity index (χ0v) is 17.4. The maximum Gasteiger partial charge on any atom is 0.227 e. The molecule has 0 amide bonds. The van der Waals surface area contributed by atoms with Crippen LogP contribution < -0.4 is 5.32 Å². The molecular formula is C26H18N6O. The van der Waals surface area contributed by atoms with Gasteiger partial charge in [-0.2, -0.15) is 0 Å². The predicted molar refractivity (Wildman–Crippen MR) is 128 cm³/mol. The summed E-state index contributed by atoms with van der Waals surface area (Å²) in [5.74, 6) is 0.443. The number of anilines is 2. The second kappa shape index (κ2) is 7.72. The van der Waals surface area contributed by atoms with Gasteiger partial charge in [-0.1, -0.05) is 18.2 Å². The number of nitrogens with one attached hydrogen (secondary N) is 2. The van der Waals surface area contributed by atoms with Gasteiger partial charge in [-0.25, -0.2) is 15.0 Å². The summed E-state index contributed by atoms with van der Waals surface area (Å²) in [4.78, 5) is 29.4. The Morgan fingerprint density at radius 1 is 0.909 bits per heavy atom. The van der Waals surface area contributed by atoms with Crippen molar-refractivity contribution in [2.24, 2.45) is 0 Å². The predicted octanol–water partition coefficient (Wildman–Crippen LogP) is 5.25. The second-order valence-corrected chi connectivity index (χ2v) is 7.65. The molecule has 0 fully saturated rings. The van der Waals surface area contributed by atoms with Crippen molar-refractivity contribution in [3.05, 3.63) is 109 Å². The Bertz CT molecular complexity index is 1610. The molecule has 0 spiro atoms. The standard InChI is InChI=1S/C26H18N6O/c33-25(19-5-4-17-10-12-27-22(17)15-19)18-6-8-20(9-7-18)30-26-28-13-11-21(31-26)23-16-29-24-3-1-2-14-32(23)24/h1-16,27H,(H,28,30,31). The fraction of sp³-hybridized carbons (Fsp3) is 0. The van der Waals surface area contributed by atoms with Crippen molar-refractivity contribution in [3.8, 4) is 11.4 Å². The summed E-state index contributed by atoms with van der Waals surface area (Å²) in [6.07, 6.45) is 7.33. The van der Waals surface area contributed by atoms with E-state index < -0.39 is 0 Å². The monoisotopic (exact) mass is 430 g/mol. The van der Waals surface area contributed by atoms with Crippen molar-refractivity contribution in [1.29, 1.82) is 0 Å². The van der Waals surface area contributed by atoms with Gasteiger partial charge >= 0.3 is 0 Å². The lowest BCUT2D eigenvalue weighted by Crippen LogP contribution is -2.02. The molecule has 0 aliphatic rings. The minimum absolute atomic E-state index is 0.0242. The minimum Gasteiger partial charge on any atom is -0.361 e. The lowest BCUT2D eigenvalue weighted by molar-refractivity contribution is 0.103. The number of carbonyl (C=O) groups is 1. The third-order valence-electron chi connectivity index (χ3n) is 5.56. The Morgan fingerprint density at radius 2 is 1.79 bits per heavy atom. The third kappa shape index (κ3) is 3.51. The Kier molecular flexibility index (Phi) is 4.43. The number of hydrogen-bond donors (Lipinski definition) is 2. The van der Waals surface area contributed by atoms with E-state index in [0.717, 1.165) is 33.6 Å². The van der Waals surface area contributed by atoms with E-state index in [1.807, 2.05) is 77.5 Å². The zero-order chi connectivity index (χ0) is 22.2. The number of hydrogen-bond acceptors (Lipinski definition) is 5. The number of ketones is 1. The van der Waals surface area contributed by atoms with E-state index in [1.165, 1.54) is 0 Å². The normalized spacial score (nSPS) is 11.2. The van der Waals surface area contributed by atoms with Gasteiger partial charge in [0, 0.05) is 40.9 Å². The van der Waals surface area contributed by atoms with Gasteiger partial charge in [0.2, 0.25) is 5.95 Å². The summed E-state index contributed by atoms with van der Waals surface area (Å²) >= 11 is 0. The van der Waals surface area contributed by atoms with Gasteiger partial charge < -0.3 is 10.3 Å². The largest absolute Gasteiger partial charge is 0.361 e. The smallest absolute Gasteiger partial charge is 0.227 e. The maximum absolute atomic E-state index is 12.9. The van der Waals surface area contributed by atoms with Crippen LogP contribution in [0.25, 0.3) is 27.9 Å². The SMILES string of the molecule is O=C(c1ccc(Nc2nccc(-c3cnc4ccccn34)n2)cc1)c1ccc2cc[nH]c2c1. The number of aromatic amines is 1. The Labute approximate surface area is 188 Å². The number of rotatable bonds is 5. The molecule has 158 valence electrons. The molecule has 0 radical (unpaired) electrons. The quantitative estimate of drug-likeness (QED) is 0.365. The van der Waals surface area contributed by atoms with Gasteiger partial charge in [0.15, 0.2) is 5.78 Å². The van der Waals surface area contributed by atoms with E-state index in [0.29, 0.717) is 17.1 Å². The van der Waals surface area contributed by atoms with Gasteiger partial charge in [-0.3, -0.25) is 9.20 Å². The number of carbonyl (C=O) groups excluding carboxylic acids is 1. The summed E-state index contributed by atoms with van der Waals surface area (Å²) < 4.78 is 1.98. The highest BCUT2D eigenvalue weighted by molar-refractivity contribution is 6.10. The van der Waals surface area contributed by atoms with Crippen LogP contribution in [0.15, 0.2) is 97.6 Å². The van der Waals surface area contributed by atoms with Gasteiger partial charge in [0.25, 0.3) is 0 Å². The molecule has 0 unspecified atom stereocenters. The van der Waals surface area contributed by atoms with Crippen molar-refractivity contribution in [2.75, 3.05) is 5.32 Å². The number of nitrogens with zero attached hydrogens (tertiary/aromatic N) is 4. The molecule has 0 bridgehead atoms. The van der Waals surface area contributed by atoms with Gasteiger partial charge in [0.1, 0.15) is 5.65 Å². The van der Waals surface area contributed by atoms with Crippen molar-refractivity contribution in [1.82, 2.24) is 24.3 Å². The average molecular weight is 430 g/mol. The highest BCUT2D eigenvalue weighted by Crippen LogP contribution is 2.22. The fourth-order valence-corrected chi connectivity index (χ4v) is 3.87. The van der Waals surface area contributed by atoms with Crippen molar-refractivity contribution >= 4 is 34.0 Å². The molecule has 4 aromatic heterocycles. The number of imidazole rings is 1. The van der Waals surface area contributed by atoms with Crippen LogP contribution in [0.2, 0.25) is 0 Å². The first-order valence-corrected chi connectivity index (χ1v) is 10.5. The van der Waals surface area contributed by atoms with Gasteiger partial charge in [0.05, 0.1) is 17.6 Å². The number of fused-ring (bicyclic) bond motifs is 2. The first kappa shape index (κ1) is 18.9. The highest BCUT2D eigenvalue weighted by Gasteiger charge is 2.11. The van der Waals surface area contributed by atoms with Crippen LogP contribution in [0.1, 0.15) is 15.9 Å². The first-order chi connectivity index (χ1) is 16.2. The molecule has 7 heteroatoms. The van der Waals surface area contributed by atoms with Crippen LogP contribution in [0.4, 0.5) is 11.6 Å². The van der Waals surface area contributed by atoms with Crippen LogP contribution in [0, 0.1) is 0 Å². The van der Waals surface area contributed by atoms with Crippen LogP contribution >= 0.6 is 0 Å². The van der Waals surface area contributed by atoms with Crippen molar-refractivity contribution in [2.45, 2.75) is 0 Å². The van der Waals surface area contributed by atoms with Gasteiger partial charge in [-0.05, 0) is 60.0 Å². The topological polar surface area (TPSA) is 88.0 Å². The number of benzene rings is 2. The lowest BCUT2D eigenvalue weighted by Gasteiger charge is -2.08. The molecule has 2 aromatic carbocycles. The Balaban J connectivity index is 1.23. The molecule has 0 aliphatic carbocycles. The Morgan fingerprint density at radius 3 is 2.70 bits per heavy atom. The van der Waals surface area contributed by atoms with E-state index in [-0.39, 0.29) is 5.78 Å². The summed E-state index contributed by atoms with van der Waals surface area (Å²) in [5, 5.41) is 4.29. The number of aromatic nitrogens is 5. The van der Waals surface area contributed by atoms with E-state index in [2.05, 4.69) is 25.3 Å². The van der Waals surface area contributed by atoms with E-state index in [9.17, 15) is 4.79 Å². The number of H-pyrrole nitrogens is 1. The first-order valence-electron chi connectivity index (χ1n) is 10.5. The van der Waals surface area contributed by atoms with Crippen LogP contribution in [0.5, 0.6) is 0 Å². The molecule has 6 rings (SSSR count). The molecule has 0 aliphatic heterocycles. The van der Waals surface area contributed by atoms with E-state index in [1.54, 1.807) is 24.5 Å². The molecule has 4 heterocycles. The zero-order valence-electron chi connectivity index (χ0n) is 17.4. The molecule has 2 N–H and O–H groups in total. The highest BCUT2D eigenvalue weighted by atomic mass is 16.1. The third-order valence-corrected chi connectivity index (χ3v) is 5.56. The van der Waals surface area contributed by atoms with Crippen LogP contribution in [-0.4, -0.2) is 30.1 Å². The molecule has 0 atom stereocenters. The average Bonchev–Trinajstić information content (AvgIpc) is 3.51. The second-order valence-electron chi connectivity index (χ2n) is 7.65. The molecule has 0 saturated carbocycles. The Hall–Kier alpha value is -4.78. The summed E-state index contributed by atoms with van der Waals surface area (Å²) in [5.41, 5.74) is 5.51. The molecule has 0 saturated heterocycles. The summed E-state index contributed by atoms with van der Waals surface area (Å²) in [7, 11) is 0. The molecule has 7 nitrogen and oxygen atoms in total. The molecular weight excluding hydrogens is 412 g/mol. The minimum atomic E-state index is -0.0242. The fourth-order valence-electron chi connectivity index (χ4n) is 3.87. The molecule has 6 aromatic rings. The van der Waals surface area contributed by atoms with E-state index >= 15 is 0 Å². The summed E-state index contributed by atoms with van der Waals surface area (Å²) in [6.45, 7) is 0. The lowest BCUT2D eigenvalue weighted by atomic mass is 10.0. The van der Waals surface area contributed by atoms with Gasteiger partial charge in [-0.15, -0.1) is 0 Å². The van der Waals surface area contributed by atoms with Crippen molar-refractivity contribution in [3.63, 3.8) is 0 Å². The maximum atomic E-state index is 12.9. The molecule has 33 heavy (non-hydrogen) atoms. The number of pyridine rings is 1.